The molecular weight excluding hydrogens is 461 g/mol. The molecule has 0 bridgehead atoms. The molecule has 1 amide bonds. The van der Waals surface area contributed by atoms with Gasteiger partial charge in [-0.15, -0.1) is 0 Å². The van der Waals surface area contributed by atoms with Crippen molar-refractivity contribution in [2.45, 2.75) is 23.9 Å². The van der Waals surface area contributed by atoms with Crippen molar-refractivity contribution in [2.75, 3.05) is 39.4 Å². The van der Waals surface area contributed by atoms with Crippen LogP contribution in [0.25, 0.3) is 0 Å². The van der Waals surface area contributed by atoms with Gasteiger partial charge < -0.3 is 14.4 Å². The molecular formula is C22H23F3N2O5S. The first-order valence-corrected chi connectivity index (χ1v) is 11.9. The van der Waals surface area contributed by atoms with E-state index in [1.54, 1.807) is 11.0 Å². The van der Waals surface area contributed by atoms with E-state index in [0.717, 1.165) is 28.1 Å². The van der Waals surface area contributed by atoms with Crippen LogP contribution >= 0.6 is 0 Å². The number of benzene rings is 2. The highest BCUT2D eigenvalue weighted by Gasteiger charge is 2.39. The smallest absolute Gasteiger partial charge is 0.417 e. The van der Waals surface area contributed by atoms with Crippen LogP contribution in [0.1, 0.15) is 17.5 Å². The van der Waals surface area contributed by atoms with E-state index in [2.05, 4.69) is 0 Å². The molecule has 2 aliphatic rings. The quantitative estimate of drug-likeness (QED) is 0.653. The van der Waals surface area contributed by atoms with Crippen LogP contribution < -0.4 is 9.47 Å². The first-order chi connectivity index (χ1) is 15.7. The Hall–Kier alpha value is -2.79. The highest BCUT2D eigenvalue weighted by Crippen LogP contribution is 2.35. The molecule has 2 heterocycles. The molecule has 0 spiro atoms. The van der Waals surface area contributed by atoms with Gasteiger partial charge in [-0.2, -0.15) is 17.5 Å². The van der Waals surface area contributed by atoms with E-state index in [1.807, 2.05) is 12.1 Å². The molecule has 0 N–H and O–H groups in total. The first kappa shape index (κ1) is 23.4. The standard InChI is InChI=1S/C22H23F3N2O5S/c23-22(24,25)17-3-1-2-4-20(17)33(29,30)27-11-9-26(10-12-27)21(28)8-6-16-5-7-18-19(15-16)32-14-13-31-18/h1-5,7,15H,6,8-14H2. The fourth-order valence-electron chi connectivity index (χ4n) is 3.90. The van der Waals surface area contributed by atoms with Crippen molar-refractivity contribution in [3.8, 4) is 11.5 Å². The zero-order valence-corrected chi connectivity index (χ0v) is 18.5. The Bertz CT molecular complexity index is 1130. The van der Waals surface area contributed by atoms with Gasteiger partial charge in [0.1, 0.15) is 13.2 Å². The van der Waals surface area contributed by atoms with Crippen LogP contribution in [0.4, 0.5) is 13.2 Å². The third kappa shape index (κ3) is 5.09. The third-order valence-electron chi connectivity index (χ3n) is 5.64. The van der Waals surface area contributed by atoms with Crippen LogP contribution in [0, 0.1) is 0 Å². The number of halogens is 3. The minimum atomic E-state index is -4.78. The van der Waals surface area contributed by atoms with Gasteiger partial charge in [-0.1, -0.05) is 18.2 Å². The molecule has 0 aromatic heterocycles. The van der Waals surface area contributed by atoms with E-state index in [0.29, 0.717) is 31.1 Å². The van der Waals surface area contributed by atoms with Gasteiger partial charge in [0.05, 0.1) is 10.5 Å². The average molecular weight is 484 g/mol. The van der Waals surface area contributed by atoms with E-state index in [9.17, 15) is 26.4 Å². The first-order valence-electron chi connectivity index (χ1n) is 10.5. The lowest BCUT2D eigenvalue weighted by molar-refractivity contribution is -0.139. The highest BCUT2D eigenvalue weighted by molar-refractivity contribution is 7.89. The van der Waals surface area contributed by atoms with E-state index in [-0.39, 0.29) is 38.5 Å². The van der Waals surface area contributed by atoms with Crippen molar-refractivity contribution in [1.82, 2.24) is 9.21 Å². The monoisotopic (exact) mass is 484 g/mol. The number of carbonyl (C=O) groups is 1. The summed E-state index contributed by atoms with van der Waals surface area (Å²) >= 11 is 0. The second-order valence-corrected chi connectivity index (χ2v) is 9.66. The Morgan fingerprint density at radius 2 is 1.61 bits per heavy atom. The number of nitrogens with zero attached hydrogens (tertiary/aromatic N) is 2. The number of rotatable bonds is 5. The van der Waals surface area contributed by atoms with E-state index in [4.69, 9.17) is 9.47 Å². The summed E-state index contributed by atoms with van der Waals surface area (Å²) in [6, 6.07) is 9.64. The van der Waals surface area contributed by atoms with E-state index < -0.39 is 26.7 Å². The number of piperazine rings is 1. The minimum Gasteiger partial charge on any atom is -0.486 e. The molecule has 178 valence electrons. The Kier molecular flexibility index (Phi) is 6.53. The maximum atomic E-state index is 13.3. The summed E-state index contributed by atoms with van der Waals surface area (Å²) in [5, 5.41) is 0. The SMILES string of the molecule is O=C(CCc1ccc2c(c1)OCCO2)N1CCN(S(=O)(=O)c2ccccc2C(F)(F)F)CC1. The average Bonchev–Trinajstić information content (AvgIpc) is 2.82. The van der Waals surface area contributed by atoms with Gasteiger partial charge in [0.2, 0.25) is 15.9 Å². The molecule has 33 heavy (non-hydrogen) atoms. The van der Waals surface area contributed by atoms with Gasteiger partial charge in [0, 0.05) is 32.6 Å². The molecule has 0 unspecified atom stereocenters. The second-order valence-electron chi connectivity index (χ2n) is 7.76. The highest BCUT2D eigenvalue weighted by atomic mass is 32.2. The lowest BCUT2D eigenvalue weighted by Gasteiger charge is -2.34. The minimum absolute atomic E-state index is 0.0652. The van der Waals surface area contributed by atoms with Crippen LogP contribution in [0.15, 0.2) is 47.4 Å². The fraction of sp³-hybridized carbons (Fsp3) is 0.409. The van der Waals surface area contributed by atoms with Gasteiger partial charge in [0.15, 0.2) is 11.5 Å². The molecule has 0 saturated carbocycles. The van der Waals surface area contributed by atoms with Crippen LogP contribution in [0.3, 0.4) is 0 Å². The largest absolute Gasteiger partial charge is 0.486 e. The molecule has 0 radical (unpaired) electrons. The molecule has 2 aromatic rings. The summed E-state index contributed by atoms with van der Waals surface area (Å²) in [6.07, 6.45) is -4.08. The lowest BCUT2D eigenvalue weighted by Crippen LogP contribution is -2.50. The van der Waals surface area contributed by atoms with Crippen LogP contribution in [-0.2, 0) is 27.4 Å². The zero-order chi connectivity index (χ0) is 23.6. The fourth-order valence-corrected chi connectivity index (χ4v) is 5.53. The number of alkyl halides is 3. The second kappa shape index (κ2) is 9.22. The Balaban J connectivity index is 1.35. The zero-order valence-electron chi connectivity index (χ0n) is 17.7. The molecule has 2 aliphatic heterocycles. The predicted molar refractivity (Wildman–Crippen MR) is 113 cm³/mol. The van der Waals surface area contributed by atoms with Crippen LogP contribution in [-0.4, -0.2) is 62.9 Å². The Morgan fingerprint density at radius 3 is 2.30 bits per heavy atom. The normalized spacial score (nSPS) is 17.1. The van der Waals surface area contributed by atoms with Gasteiger partial charge >= 0.3 is 6.18 Å². The Labute approximate surface area is 189 Å². The maximum absolute atomic E-state index is 13.3. The summed E-state index contributed by atoms with van der Waals surface area (Å²) in [5.41, 5.74) is -0.277. The van der Waals surface area contributed by atoms with Gasteiger partial charge in [-0.25, -0.2) is 8.42 Å². The number of amides is 1. The molecule has 7 nitrogen and oxygen atoms in total. The maximum Gasteiger partial charge on any atom is 0.417 e. The summed E-state index contributed by atoms with van der Waals surface area (Å²) in [7, 11) is -4.34. The molecule has 0 aliphatic carbocycles. The number of fused-ring (bicyclic) bond motifs is 1. The summed E-state index contributed by atoms with van der Waals surface area (Å²) in [5.74, 6) is 1.17. The number of carbonyl (C=O) groups excluding carboxylic acids is 1. The van der Waals surface area contributed by atoms with Gasteiger partial charge in [0.25, 0.3) is 0 Å². The molecule has 2 aromatic carbocycles. The topological polar surface area (TPSA) is 76.2 Å². The van der Waals surface area contributed by atoms with Crippen molar-refractivity contribution >= 4 is 15.9 Å². The molecule has 11 heteroatoms. The van der Waals surface area contributed by atoms with Crippen LogP contribution in [0.2, 0.25) is 0 Å². The number of hydrogen-bond donors (Lipinski definition) is 0. The van der Waals surface area contributed by atoms with Crippen molar-refractivity contribution in [3.05, 3.63) is 53.6 Å². The number of ether oxygens (including phenoxy) is 2. The lowest BCUT2D eigenvalue weighted by atomic mass is 10.1. The van der Waals surface area contributed by atoms with Crippen molar-refractivity contribution < 1.29 is 35.9 Å². The third-order valence-corrected chi connectivity index (χ3v) is 7.59. The predicted octanol–water partition coefficient (Wildman–Crippen LogP) is 2.94. The van der Waals surface area contributed by atoms with E-state index in [1.165, 1.54) is 6.07 Å². The van der Waals surface area contributed by atoms with Crippen LogP contribution in [0.5, 0.6) is 11.5 Å². The van der Waals surface area contributed by atoms with Crippen molar-refractivity contribution in [3.63, 3.8) is 0 Å². The molecule has 1 fully saturated rings. The van der Waals surface area contributed by atoms with Crippen molar-refractivity contribution in [1.29, 1.82) is 0 Å². The molecule has 1 saturated heterocycles. The molecule has 0 atom stereocenters. The number of hydrogen-bond acceptors (Lipinski definition) is 5. The van der Waals surface area contributed by atoms with Crippen molar-refractivity contribution in [2.24, 2.45) is 0 Å². The number of aryl methyl sites for hydroxylation is 1. The Morgan fingerprint density at radius 1 is 0.939 bits per heavy atom. The summed E-state index contributed by atoms with van der Waals surface area (Å²) in [4.78, 5) is 13.4. The van der Waals surface area contributed by atoms with Gasteiger partial charge in [-0.3, -0.25) is 4.79 Å². The van der Waals surface area contributed by atoms with E-state index >= 15 is 0 Å². The summed E-state index contributed by atoms with van der Waals surface area (Å²) in [6.45, 7) is 1.07. The summed E-state index contributed by atoms with van der Waals surface area (Å²) < 4.78 is 77.6. The molecule has 4 rings (SSSR count). The number of sulfonamides is 1. The van der Waals surface area contributed by atoms with Gasteiger partial charge in [-0.05, 0) is 36.2 Å².